The van der Waals surface area contributed by atoms with Gasteiger partial charge in [0.25, 0.3) is 0 Å². The number of carboxylic acid groups (broad SMARTS) is 2. The highest BCUT2D eigenvalue weighted by molar-refractivity contribution is 6.33. The molecule has 7 amide bonds. The lowest BCUT2D eigenvalue weighted by Crippen LogP contribution is -2.66. The molecule has 121 heavy (non-hydrogen) atoms. The van der Waals surface area contributed by atoms with E-state index in [1.807, 2.05) is 0 Å². The minimum Gasteiger partial charge on any atom is -0.508 e. The Morgan fingerprint density at radius 1 is 0.521 bits per heavy atom. The second kappa shape index (κ2) is 37.0. The van der Waals surface area contributed by atoms with Crippen LogP contribution >= 0.6 is 23.2 Å². The number of rotatable bonds is 18. The molecule has 2 saturated heterocycles. The molecule has 15 rings (SSSR count). The van der Waals surface area contributed by atoms with Crippen LogP contribution in [0.1, 0.15) is 140 Å². The summed E-state index contributed by atoms with van der Waals surface area (Å²) in [5, 5.41) is 167. The Morgan fingerprint density at radius 3 is 1.84 bits per heavy atom. The molecule has 642 valence electrons. The van der Waals surface area contributed by atoms with Gasteiger partial charge in [0.05, 0.1) is 16.7 Å². The van der Waals surface area contributed by atoms with Gasteiger partial charge < -0.3 is 142 Å². The van der Waals surface area contributed by atoms with Crippen molar-refractivity contribution in [1.82, 2.24) is 42.5 Å². The quantitative estimate of drug-likeness (QED) is 0.0541. The minimum atomic E-state index is -2.47. The number of ether oxygens (including phenoxy) is 7. The lowest BCUT2D eigenvalue weighted by Gasteiger charge is -2.41. The molecule has 0 radical (unpaired) electrons. The highest BCUT2D eigenvalue weighted by Gasteiger charge is 2.52. The number of aliphatic hydroxyl groups is 7. The van der Waals surface area contributed by atoms with Gasteiger partial charge in [-0.25, -0.2) is 9.59 Å². The van der Waals surface area contributed by atoms with Crippen molar-refractivity contribution < 1.29 is 143 Å². The van der Waals surface area contributed by atoms with E-state index in [1.54, 1.807) is 0 Å². The molecule has 37 nitrogen and oxygen atoms in total. The van der Waals surface area contributed by atoms with E-state index in [4.69, 9.17) is 56.4 Å². The van der Waals surface area contributed by atoms with Gasteiger partial charge in [0.15, 0.2) is 35.1 Å². The maximum absolute atomic E-state index is 16.7. The predicted molar refractivity (Wildman–Crippen MR) is 419 cm³/mol. The van der Waals surface area contributed by atoms with E-state index in [1.165, 1.54) is 49.5 Å². The fourth-order valence-corrected chi connectivity index (χ4v) is 15.5. The van der Waals surface area contributed by atoms with Crippen molar-refractivity contribution in [3.63, 3.8) is 0 Å². The first-order chi connectivity index (χ1) is 57.8. The van der Waals surface area contributed by atoms with Crippen LogP contribution in [-0.2, 0) is 59.0 Å². The molecule has 7 aromatic rings. The normalized spacial score (nSPS) is 26.6. The molecular formula is C82H86Cl2N8O29. The number of benzene rings is 7. The highest BCUT2D eigenvalue weighted by Crippen LogP contribution is 2.50. The fraction of sp³-hybridized carbons (Fsp3) is 0.378. The Balaban J connectivity index is 1.04. The maximum atomic E-state index is 16.7. The zero-order valence-corrected chi connectivity index (χ0v) is 65.8. The second-order valence-electron chi connectivity index (χ2n) is 29.8. The minimum absolute atomic E-state index is 0.150. The zero-order chi connectivity index (χ0) is 86.7. The van der Waals surface area contributed by atoms with Crippen molar-refractivity contribution >= 4 is 76.5 Å². The highest BCUT2D eigenvalue weighted by atomic mass is 35.5. The number of likely N-dealkylation sites (N-methyl/N-ethyl adjacent to an activating group) is 1. The molecule has 0 aromatic heterocycles. The van der Waals surface area contributed by atoms with Crippen molar-refractivity contribution in [3.8, 4) is 80.1 Å². The third kappa shape index (κ3) is 18.7. The number of aromatic hydroxyl groups is 4. The summed E-state index contributed by atoms with van der Waals surface area (Å²) in [4.78, 5) is 136. The molecule has 8 heterocycles. The van der Waals surface area contributed by atoms with Crippen molar-refractivity contribution in [2.24, 2.45) is 0 Å². The number of carboxylic acids is 2. The monoisotopic (exact) mass is 1720 g/mol. The number of halogens is 2. The van der Waals surface area contributed by atoms with Gasteiger partial charge in [-0.1, -0.05) is 105 Å². The third-order valence-corrected chi connectivity index (χ3v) is 22.2. The van der Waals surface area contributed by atoms with Crippen LogP contribution in [0.15, 0.2) is 115 Å². The Labute approximate surface area is 697 Å². The molecule has 18 atom stereocenters. The van der Waals surface area contributed by atoms with E-state index in [2.05, 4.69) is 49.5 Å². The number of unbranched alkanes of at least 4 members (excludes halogenated alkanes) is 7. The smallest absolute Gasteiger partial charge is 0.335 e. The molecule has 8 aliphatic rings. The molecule has 0 unspecified atom stereocenters. The first-order valence-electron chi connectivity index (χ1n) is 38.6. The standard InChI is InChI=1S/C82H86Cl2N8O29/c1-3-4-5-6-7-8-9-10-11-55(98)87-64-67(101)69(103)72(80(113)114)121-81(64)120-71-52-26-37-27-53(71)117-49-21-16-36(24-44(49)83)65(99)63-78(110)91-62(79(111)112)42-28-38(94)29-51(118-82-70(104)68(102)66(100)54(32-93)119-82)56(42)41-23-34(14-19-46(41)95)59(75(107)92-63)88-76(108)60(37)89-77(109)61-43-30-40(31-48(97)57(43)84)116-50-25-35(15-20-47(50)96)58(85-2)74(106)86-45(73(105)90-61)22-33-12-17-39(115-52)18-13-33/h12-21,23-31,45,54,58-70,72,81-82,85,93-97,99-104H,3-11,22,32H2,1-2H3,(H,86,106)(H,87,98)(H,88,108)(H,89,109)(H,90,105)(H,91,110)(H,92,107)(H,111,112)(H,113,114)/t45-,54-,58-,59-,60-,61+,62-,63+,64-,65-,66-,67-,68+,69+,70+,72+,81-,82+/m1/s1. The maximum Gasteiger partial charge on any atom is 0.335 e. The van der Waals surface area contributed by atoms with Gasteiger partial charge in [-0.05, 0) is 114 Å². The van der Waals surface area contributed by atoms with Gasteiger partial charge in [0.2, 0.25) is 59.7 Å². The van der Waals surface area contributed by atoms with E-state index in [0.29, 0.717) is 12.8 Å². The van der Waals surface area contributed by atoms with Crippen molar-refractivity contribution in [3.05, 3.63) is 164 Å². The molecule has 0 aliphatic carbocycles. The average Bonchev–Trinajstić information content (AvgIpc) is 0.749. The second-order valence-corrected chi connectivity index (χ2v) is 30.5. The zero-order valence-electron chi connectivity index (χ0n) is 64.2. The predicted octanol–water partition coefficient (Wildman–Crippen LogP) is 3.94. The number of hydrogen-bond donors (Lipinski definition) is 21. The van der Waals surface area contributed by atoms with Crippen LogP contribution in [0.2, 0.25) is 10.0 Å². The Bertz CT molecular complexity index is 5160. The van der Waals surface area contributed by atoms with Gasteiger partial charge in [0.1, 0.15) is 125 Å². The third-order valence-electron chi connectivity index (χ3n) is 21.5. The van der Waals surface area contributed by atoms with E-state index in [0.717, 1.165) is 111 Å². The van der Waals surface area contributed by atoms with Gasteiger partial charge in [0, 0.05) is 47.2 Å². The fourth-order valence-electron chi connectivity index (χ4n) is 15.1. The van der Waals surface area contributed by atoms with E-state index < -0.39 is 271 Å². The van der Waals surface area contributed by atoms with Crippen LogP contribution < -0.4 is 66.2 Å². The average molecular weight is 1720 g/mol. The summed E-state index contributed by atoms with van der Waals surface area (Å²) >= 11 is 14.2. The molecule has 0 saturated carbocycles. The van der Waals surface area contributed by atoms with E-state index >= 15 is 24.0 Å². The molecule has 8 aliphatic heterocycles. The molecule has 17 bridgehead atoms. The van der Waals surface area contributed by atoms with E-state index in [-0.39, 0.29) is 40.4 Å². The summed E-state index contributed by atoms with van der Waals surface area (Å²) in [6.45, 7) is 1.09. The molecule has 21 N–H and O–H groups in total. The molecule has 0 spiro atoms. The first kappa shape index (κ1) is 87.0. The summed E-state index contributed by atoms with van der Waals surface area (Å²) in [6.07, 6.45) is -15.2. The number of nitrogens with one attached hydrogen (secondary N) is 8. The van der Waals surface area contributed by atoms with Gasteiger partial charge in [-0.2, -0.15) is 0 Å². The lowest BCUT2D eigenvalue weighted by molar-refractivity contribution is -0.277. The summed E-state index contributed by atoms with van der Waals surface area (Å²) in [5.41, 5.74) is -3.28. The first-order valence-corrected chi connectivity index (χ1v) is 39.3. The van der Waals surface area contributed by atoms with Crippen LogP contribution in [0, 0.1) is 0 Å². The van der Waals surface area contributed by atoms with Gasteiger partial charge in [-0.3, -0.25) is 33.6 Å². The molecule has 2 fully saturated rings. The Kier molecular flexibility index (Phi) is 26.6. The number of phenols is 4. The Morgan fingerprint density at radius 2 is 1.16 bits per heavy atom. The molecular weight excluding hydrogens is 1630 g/mol. The number of aliphatic hydroxyl groups excluding tert-OH is 7. The van der Waals surface area contributed by atoms with Crippen LogP contribution in [0.25, 0.3) is 11.1 Å². The van der Waals surface area contributed by atoms with Crippen LogP contribution in [-0.4, -0.2) is 207 Å². The number of carbonyl (C=O) groups excluding carboxylic acids is 7. The largest absolute Gasteiger partial charge is 0.508 e. The van der Waals surface area contributed by atoms with Gasteiger partial charge in [-0.15, -0.1) is 0 Å². The summed E-state index contributed by atoms with van der Waals surface area (Å²) in [7, 11) is 1.42. The summed E-state index contributed by atoms with van der Waals surface area (Å²) in [6, 6.07) is 4.41. The van der Waals surface area contributed by atoms with Crippen LogP contribution in [0.3, 0.4) is 0 Å². The number of fused-ring (bicyclic) bond motifs is 14. The number of amides is 7. The van der Waals surface area contributed by atoms with Crippen molar-refractivity contribution in [1.29, 1.82) is 0 Å². The lowest BCUT2D eigenvalue weighted by atomic mass is 9.89. The van der Waals surface area contributed by atoms with Crippen LogP contribution in [0.4, 0.5) is 0 Å². The Hall–Kier alpha value is -11.8. The van der Waals surface area contributed by atoms with Crippen molar-refractivity contribution in [2.45, 2.75) is 181 Å². The number of carbonyl (C=O) groups is 9. The number of hydrogen-bond acceptors (Lipinski definition) is 28. The number of aliphatic carboxylic acids is 2. The summed E-state index contributed by atoms with van der Waals surface area (Å²) in [5.74, 6) is -19.5. The van der Waals surface area contributed by atoms with Crippen LogP contribution in [0.5, 0.6) is 69.0 Å². The van der Waals surface area contributed by atoms with Crippen molar-refractivity contribution in [2.75, 3.05) is 13.7 Å². The van der Waals surface area contributed by atoms with E-state index in [9.17, 15) is 85.6 Å². The SMILES string of the molecule is CCCCCCCCCCC(=O)N[C@H]1[C@H](Oc2c3cc4cc2Oc2ccc(cc2Cl)[C@@H](O)[C@@H]2NC(=O)[C@H](NC(=O)[C@@H]4NC(=O)[C@H]4NC(=O)[C@@H](Cc5ccc(cc5)O3)NC(=O)[C@H](NC)c3ccc(O)c(c3)Oc3cc(O)c(Cl)c4c3)c3ccc(O)c(c3)-c3c(O[C@H]4O[C@H](CO)[C@@H](O)[C@H](O)[C@@H]4O)cc(O)cc3[C@H](C(=O)O)NC2=O)O[C@H](C(=O)O)[C@@H](O)[C@@H]1O. The topological polar surface area (TPSA) is 577 Å². The van der Waals surface area contributed by atoms with Gasteiger partial charge >= 0.3 is 11.9 Å². The molecule has 7 aromatic carbocycles. The molecule has 39 heteroatoms. The summed E-state index contributed by atoms with van der Waals surface area (Å²) < 4.78 is 43.9. The number of phenolic OH excluding ortho intramolecular Hbond substituents is 4.